The van der Waals surface area contributed by atoms with Crippen LogP contribution in [0.1, 0.15) is 23.1 Å². The van der Waals surface area contributed by atoms with E-state index in [1.165, 1.54) is 5.56 Å². The lowest BCUT2D eigenvalue weighted by Crippen LogP contribution is -2.29. The molecule has 6 heteroatoms. The van der Waals surface area contributed by atoms with E-state index in [1.807, 2.05) is 43.3 Å². The number of methoxy groups -OCH3 is 1. The van der Waals surface area contributed by atoms with E-state index in [4.69, 9.17) is 14.5 Å². The Labute approximate surface area is 168 Å². The minimum atomic E-state index is -0.0253. The molecule has 0 spiro atoms. The highest BCUT2D eigenvalue weighted by Gasteiger charge is 2.22. The molecule has 5 nitrogen and oxygen atoms in total. The molecule has 2 aromatic carbocycles. The SMILES string of the molecule is COc1ccccc1Oc1nc2n(c(=O)c1Cc1ccc(C)cc1)CCCS2. The lowest BCUT2D eigenvalue weighted by molar-refractivity contribution is 0.367. The molecule has 4 rings (SSSR count). The summed E-state index contributed by atoms with van der Waals surface area (Å²) in [5.74, 6) is 2.47. The number of aromatic nitrogens is 2. The van der Waals surface area contributed by atoms with Crippen molar-refractivity contribution in [3.8, 4) is 17.4 Å². The molecule has 1 aliphatic heterocycles. The van der Waals surface area contributed by atoms with Gasteiger partial charge in [-0.05, 0) is 31.0 Å². The van der Waals surface area contributed by atoms with Gasteiger partial charge in [-0.1, -0.05) is 53.7 Å². The minimum absolute atomic E-state index is 0.0253. The molecule has 144 valence electrons. The highest BCUT2D eigenvalue weighted by molar-refractivity contribution is 7.99. The van der Waals surface area contributed by atoms with Gasteiger partial charge in [0, 0.05) is 18.7 Å². The van der Waals surface area contributed by atoms with Crippen molar-refractivity contribution in [1.82, 2.24) is 9.55 Å². The van der Waals surface area contributed by atoms with E-state index < -0.39 is 0 Å². The standard InChI is InChI=1S/C22H22N2O3S/c1-15-8-10-16(11-9-15)14-17-20(27-19-7-4-3-6-18(19)26-2)23-22-24(21(17)25)12-5-13-28-22/h3-4,6-11H,5,12-14H2,1-2H3. The monoisotopic (exact) mass is 394 g/mol. The minimum Gasteiger partial charge on any atom is -0.493 e. The number of aryl methyl sites for hydroxylation is 1. The lowest BCUT2D eigenvalue weighted by atomic mass is 10.1. The van der Waals surface area contributed by atoms with Gasteiger partial charge in [-0.15, -0.1) is 0 Å². The van der Waals surface area contributed by atoms with Crippen molar-refractivity contribution >= 4 is 11.8 Å². The molecule has 0 aliphatic carbocycles. The predicted octanol–water partition coefficient (Wildman–Crippen LogP) is 4.44. The second-order valence-electron chi connectivity index (χ2n) is 6.75. The first-order chi connectivity index (χ1) is 13.7. The van der Waals surface area contributed by atoms with Gasteiger partial charge in [0.2, 0.25) is 5.88 Å². The fourth-order valence-corrected chi connectivity index (χ4v) is 4.14. The molecule has 2 heterocycles. The van der Waals surface area contributed by atoms with Crippen molar-refractivity contribution in [3.63, 3.8) is 0 Å². The van der Waals surface area contributed by atoms with Crippen LogP contribution in [0.15, 0.2) is 58.5 Å². The molecule has 0 bridgehead atoms. The predicted molar refractivity (Wildman–Crippen MR) is 111 cm³/mol. The van der Waals surface area contributed by atoms with Crippen molar-refractivity contribution in [2.75, 3.05) is 12.9 Å². The average Bonchev–Trinajstić information content (AvgIpc) is 2.73. The molecule has 0 atom stereocenters. The highest BCUT2D eigenvalue weighted by atomic mass is 32.2. The normalized spacial score (nSPS) is 13.1. The van der Waals surface area contributed by atoms with Gasteiger partial charge in [-0.2, -0.15) is 4.98 Å². The maximum absolute atomic E-state index is 13.2. The number of hydrogen-bond acceptors (Lipinski definition) is 5. The van der Waals surface area contributed by atoms with E-state index in [0.717, 1.165) is 17.7 Å². The van der Waals surface area contributed by atoms with Gasteiger partial charge in [-0.25, -0.2) is 0 Å². The van der Waals surface area contributed by atoms with Crippen LogP contribution >= 0.6 is 11.8 Å². The number of hydrogen-bond donors (Lipinski definition) is 0. The molecule has 1 aromatic heterocycles. The highest BCUT2D eigenvalue weighted by Crippen LogP contribution is 2.33. The smallest absolute Gasteiger partial charge is 0.261 e. The Balaban J connectivity index is 1.80. The third-order valence-corrected chi connectivity index (χ3v) is 5.79. The van der Waals surface area contributed by atoms with E-state index in [-0.39, 0.29) is 5.56 Å². The van der Waals surface area contributed by atoms with E-state index in [0.29, 0.717) is 41.1 Å². The van der Waals surface area contributed by atoms with Gasteiger partial charge in [0.1, 0.15) is 0 Å². The van der Waals surface area contributed by atoms with Crippen molar-refractivity contribution in [1.29, 1.82) is 0 Å². The summed E-state index contributed by atoms with van der Waals surface area (Å²) in [6, 6.07) is 15.6. The Morgan fingerprint density at radius 2 is 1.86 bits per heavy atom. The number of fused-ring (bicyclic) bond motifs is 1. The topological polar surface area (TPSA) is 53.4 Å². The van der Waals surface area contributed by atoms with Crippen LogP contribution in [0.4, 0.5) is 0 Å². The zero-order valence-corrected chi connectivity index (χ0v) is 16.8. The van der Waals surface area contributed by atoms with Crippen LogP contribution in [0.3, 0.4) is 0 Å². The van der Waals surface area contributed by atoms with Crippen LogP contribution in [0.2, 0.25) is 0 Å². The van der Waals surface area contributed by atoms with Gasteiger partial charge < -0.3 is 9.47 Å². The van der Waals surface area contributed by atoms with Crippen LogP contribution in [-0.4, -0.2) is 22.4 Å². The van der Waals surface area contributed by atoms with Crippen LogP contribution in [0.25, 0.3) is 0 Å². The number of nitrogens with zero attached hydrogens (tertiary/aromatic N) is 2. The fraction of sp³-hybridized carbons (Fsp3) is 0.273. The van der Waals surface area contributed by atoms with Gasteiger partial charge in [0.05, 0.1) is 12.7 Å². The summed E-state index contributed by atoms with van der Waals surface area (Å²) in [7, 11) is 1.60. The summed E-state index contributed by atoms with van der Waals surface area (Å²) in [4.78, 5) is 18.0. The summed E-state index contributed by atoms with van der Waals surface area (Å²) in [5.41, 5.74) is 2.79. The molecule has 0 radical (unpaired) electrons. The maximum Gasteiger partial charge on any atom is 0.261 e. The maximum atomic E-state index is 13.2. The summed E-state index contributed by atoms with van der Waals surface area (Å²) in [6.45, 7) is 2.75. The molecule has 0 amide bonds. The largest absolute Gasteiger partial charge is 0.493 e. The van der Waals surface area contributed by atoms with Crippen molar-refractivity contribution < 1.29 is 9.47 Å². The zero-order valence-electron chi connectivity index (χ0n) is 16.0. The van der Waals surface area contributed by atoms with Crippen LogP contribution in [0, 0.1) is 6.92 Å². The Hall–Kier alpha value is -2.73. The number of thioether (sulfide) groups is 1. The third kappa shape index (κ3) is 3.78. The van der Waals surface area contributed by atoms with E-state index in [9.17, 15) is 4.79 Å². The first-order valence-corrected chi connectivity index (χ1v) is 10.3. The van der Waals surface area contributed by atoms with Crippen LogP contribution in [0.5, 0.6) is 17.4 Å². The van der Waals surface area contributed by atoms with Gasteiger partial charge in [0.25, 0.3) is 5.56 Å². The van der Waals surface area contributed by atoms with Crippen LogP contribution < -0.4 is 15.0 Å². The summed E-state index contributed by atoms with van der Waals surface area (Å²) in [5, 5.41) is 0.716. The lowest BCUT2D eigenvalue weighted by Gasteiger charge is -2.20. The second-order valence-corrected chi connectivity index (χ2v) is 7.81. The van der Waals surface area contributed by atoms with E-state index in [1.54, 1.807) is 23.4 Å². The van der Waals surface area contributed by atoms with Gasteiger partial charge in [-0.3, -0.25) is 9.36 Å². The Bertz CT molecular complexity index is 1040. The molecule has 0 saturated heterocycles. The molecule has 0 saturated carbocycles. The van der Waals surface area contributed by atoms with E-state index >= 15 is 0 Å². The number of rotatable bonds is 5. The number of ether oxygens (including phenoxy) is 2. The number of benzene rings is 2. The molecular formula is C22H22N2O3S. The van der Waals surface area contributed by atoms with Crippen molar-refractivity contribution in [3.05, 3.63) is 75.6 Å². The second kappa shape index (κ2) is 8.10. The molecular weight excluding hydrogens is 372 g/mol. The molecule has 0 N–H and O–H groups in total. The average molecular weight is 394 g/mol. The first kappa shape index (κ1) is 18.6. The fourth-order valence-electron chi connectivity index (χ4n) is 3.20. The summed E-state index contributed by atoms with van der Waals surface area (Å²) >= 11 is 1.60. The Morgan fingerprint density at radius 3 is 2.61 bits per heavy atom. The molecule has 1 aliphatic rings. The van der Waals surface area contributed by atoms with Gasteiger partial charge >= 0.3 is 0 Å². The number of para-hydroxylation sites is 2. The Morgan fingerprint density at radius 1 is 1.11 bits per heavy atom. The molecule has 28 heavy (non-hydrogen) atoms. The van der Waals surface area contributed by atoms with Gasteiger partial charge in [0.15, 0.2) is 16.7 Å². The zero-order chi connectivity index (χ0) is 19.5. The molecule has 3 aromatic rings. The summed E-state index contributed by atoms with van der Waals surface area (Å²) < 4.78 is 13.3. The third-order valence-electron chi connectivity index (χ3n) is 4.72. The van der Waals surface area contributed by atoms with Crippen molar-refractivity contribution in [2.24, 2.45) is 0 Å². The molecule has 0 unspecified atom stereocenters. The first-order valence-electron chi connectivity index (χ1n) is 9.28. The Kier molecular flexibility index (Phi) is 5.39. The summed E-state index contributed by atoms with van der Waals surface area (Å²) in [6.07, 6.45) is 1.44. The van der Waals surface area contributed by atoms with Crippen LogP contribution in [-0.2, 0) is 13.0 Å². The molecule has 0 fully saturated rings. The quantitative estimate of drug-likeness (QED) is 0.599. The van der Waals surface area contributed by atoms with E-state index in [2.05, 4.69) is 12.1 Å². The van der Waals surface area contributed by atoms with Crippen molar-refractivity contribution in [2.45, 2.75) is 31.5 Å².